The van der Waals surface area contributed by atoms with Crippen LogP contribution in [0.15, 0.2) is 22.7 Å². The SMILES string of the molecule is CC(=O)C(Br)Cc1ccc(C)c(Br)c1. The normalized spacial score (nSPS) is 12.6. The highest BCUT2D eigenvalue weighted by Crippen LogP contribution is 2.20. The maximum atomic E-state index is 11.0. The molecule has 0 aliphatic heterocycles. The number of Topliss-reactive ketones (excluding diaryl/α,β-unsaturated/α-hetero) is 1. The van der Waals surface area contributed by atoms with Gasteiger partial charge in [-0.05, 0) is 37.5 Å². The van der Waals surface area contributed by atoms with E-state index in [9.17, 15) is 4.79 Å². The Labute approximate surface area is 101 Å². The highest BCUT2D eigenvalue weighted by molar-refractivity contribution is 9.10. The van der Waals surface area contributed by atoms with Crippen LogP contribution in [0.2, 0.25) is 0 Å². The molecule has 1 unspecified atom stereocenters. The number of hydrogen-bond acceptors (Lipinski definition) is 1. The lowest BCUT2D eigenvalue weighted by atomic mass is 10.1. The van der Waals surface area contributed by atoms with E-state index in [2.05, 4.69) is 50.1 Å². The minimum absolute atomic E-state index is 0.0721. The number of aryl methyl sites for hydroxylation is 1. The lowest BCUT2D eigenvalue weighted by Gasteiger charge is -2.07. The fraction of sp³-hybridized carbons (Fsp3) is 0.364. The smallest absolute Gasteiger partial charge is 0.143 e. The number of benzene rings is 1. The van der Waals surface area contributed by atoms with Gasteiger partial charge in [0.15, 0.2) is 0 Å². The van der Waals surface area contributed by atoms with Crippen molar-refractivity contribution >= 4 is 37.6 Å². The number of carbonyl (C=O) groups excluding carboxylic acids is 1. The molecule has 0 spiro atoms. The maximum Gasteiger partial charge on any atom is 0.143 e. The first kappa shape index (κ1) is 11.9. The maximum absolute atomic E-state index is 11.0. The van der Waals surface area contributed by atoms with Gasteiger partial charge in [0.05, 0.1) is 4.83 Å². The van der Waals surface area contributed by atoms with Crippen molar-refractivity contribution in [2.24, 2.45) is 0 Å². The van der Waals surface area contributed by atoms with Gasteiger partial charge in [-0.3, -0.25) is 4.79 Å². The lowest BCUT2D eigenvalue weighted by Crippen LogP contribution is -2.12. The highest BCUT2D eigenvalue weighted by Gasteiger charge is 2.10. The first-order chi connectivity index (χ1) is 6.50. The summed E-state index contributed by atoms with van der Waals surface area (Å²) in [4.78, 5) is 11.0. The zero-order valence-corrected chi connectivity index (χ0v) is 11.4. The molecule has 1 nitrogen and oxygen atoms in total. The average molecular weight is 320 g/mol. The van der Waals surface area contributed by atoms with Crippen LogP contribution in [0, 0.1) is 6.92 Å². The summed E-state index contributed by atoms with van der Waals surface area (Å²) in [6.45, 7) is 3.65. The molecule has 0 heterocycles. The molecule has 0 aliphatic carbocycles. The van der Waals surface area contributed by atoms with E-state index in [4.69, 9.17) is 0 Å². The van der Waals surface area contributed by atoms with E-state index in [0.717, 1.165) is 10.9 Å². The van der Waals surface area contributed by atoms with Crippen molar-refractivity contribution in [3.63, 3.8) is 0 Å². The van der Waals surface area contributed by atoms with E-state index in [0.29, 0.717) is 0 Å². The molecule has 14 heavy (non-hydrogen) atoms. The summed E-state index contributed by atoms with van der Waals surface area (Å²) < 4.78 is 1.10. The van der Waals surface area contributed by atoms with Crippen molar-refractivity contribution in [2.75, 3.05) is 0 Å². The second-order valence-corrected chi connectivity index (χ2v) is 5.33. The Morgan fingerprint density at radius 1 is 1.50 bits per heavy atom. The molecule has 0 aliphatic rings. The van der Waals surface area contributed by atoms with E-state index >= 15 is 0 Å². The number of carbonyl (C=O) groups is 1. The Morgan fingerprint density at radius 3 is 2.64 bits per heavy atom. The zero-order chi connectivity index (χ0) is 10.7. The summed E-state index contributed by atoms with van der Waals surface area (Å²) >= 11 is 6.83. The van der Waals surface area contributed by atoms with Gasteiger partial charge in [-0.2, -0.15) is 0 Å². The molecular weight excluding hydrogens is 308 g/mol. The fourth-order valence-electron chi connectivity index (χ4n) is 1.11. The quantitative estimate of drug-likeness (QED) is 0.777. The standard InChI is InChI=1S/C11H12Br2O/c1-7-3-4-9(5-10(7)12)6-11(13)8(2)14/h3-5,11H,6H2,1-2H3. The first-order valence-corrected chi connectivity index (χ1v) is 6.11. The largest absolute Gasteiger partial charge is 0.299 e. The summed E-state index contributed by atoms with van der Waals surface area (Å²) in [6.07, 6.45) is 0.744. The first-order valence-electron chi connectivity index (χ1n) is 4.40. The van der Waals surface area contributed by atoms with Gasteiger partial charge in [0.25, 0.3) is 0 Å². The second kappa shape index (κ2) is 5.08. The second-order valence-electron chi connectivity index (χ2n) is 3.37. The fourth-order valence-corrected chi connectivity index (χ4v) is 1.91. The number of halogens is 2. The summed E-state index contributed by atoms with van der Waals surface area (Å²) in [5.74, 6) is 0.168. The van der Waals surface area contributed by atoms with Crippen LogP contribution < -0.4 is 0 Å². The summed E-state index contributed by atoms with van der Waals surface area (Å²) in [6, 6.07) is 6.17. The minimum atomic E-state index is -0.0721. The Balaban J connectivity index is 2.78. The number of ketones is 1. The van der Waals surface area contributed by atoms with Crippen LogP contribution in [0.25, 0.3) is 0 Å². The third-order valence-corrected chi connectivity index (χ3v) is 3.92. The molecule has 76 valence electrons. The van der Waals surface area contributed by atoms with Crippen LogP contribution in [0.3, 0.4) is 0 Å². The van der Waals surface area contributed by atoms with Gasteiger partial charge in [-0.25, -0.2) is 0 Å². The van der Waals surface area contributed by atoms with Crippen LogP contribution in [0.1, 0.15) is 18.1 Å². The Hall–Kier alpha value is -0.150. The molecule has 0 saturated heterocycles. The topological polar surface area (TPSA) is 17.1 Å². The van der Waals surface area contributed by atoms with Crippen LogP contribution in [-0.4, -0.2) is 10.6 Å². The minimum Gasteiger partial charge on any atom is -0.299 e. The Morgan fingerprint density at radius 2 is 2.14 bits per heavy atom. The molecule has 0 amide bonds. The predicted octanol–water partition coefficient (Wildman–Crippen LogP) is 3.65. The number of rotatable bonds is 3. The molecule has 0 N–H and O–H groups in total. The molecule has 1 aromatic rings. The van der Waals surface area contributed by atoms with Crippen molar-refractivity contribution in [3.8, 4) is 0 Å². The molecule has 0 bridgehead atoms. The number of hydrogen-bond donors (Lipinski definition) is 0. The summed E-state index contributed by atoms with van der Waals surface area (Å²) in [7, 11) is 0. The molecule has 1 rings (SSSR count). The van der Waals surface area contributed by atoms with Crippen LogP contribution >= 0.6 is 31.9 Å². The highest BCUT2D eigenvalue weighted by atomic mass is 79.9. The third kappa shape index (κ3) is 3.21. The van der Waals surface area contributed by atoms with Gasteiger partial charge in [0.1, 0.15) is 5.78 Å². The van der Waals surface area contributed by atoms with Gasteiger partial charge >= 0.3 is 0 Å². The van der Waals surface area contributed by atoms with Gasteiger partial charge in [0, 0.05) is 4.47 Å². The van der Waals surface area contributed by atoms with E-state index in [1.54, 1.807) is 6.92 Å². The monoisotopic (exact) mass is 318 g/mol. The van der Waals surface area contributed by atoms with Gasteiger partial charge in [-0.15, -0.1) is 0 Å². The summed E-state index contributed by atoms with van der Waals surface area (Å²) in [5.41, 5.74) is 2.38. The van der Waals surface area contributed by atoms with Crippen molar-refractivity contribution in [2.45, 2.75) is 25.1 Å². The molecule has 0 radical (unpaired) electrons. The summed E-state index contributed by atoms with van der Waals surface area (Å²) in [5, 5.41) is 0. The molecular formula is C11H12Br2O. The van der Waals surface area contributed by atoms with Gasteiger partial charge in [-0.1, -0.05) is 44.0 Å². The van der Waals surface area contributed by atoms with E-state index in [1.165, 1.54) is 11.1 Å². The van der Waals surface area contributed by atoms with E-state index in [1.807, 2.05) is 6.92 Å². The Bertz CT molecular complexity index is 347. The van der Waals surface area contributed by atoms with Crippen molar-refractivity contribution in [1.82, 2.24) is 0 Å². The Kier molecular flexibility index (Phi) is 4.32. The van der Waals surface area contributed by atoms with Crippen LogP contribution in [0.4, 0.5) is 0 Å². The van der Waals surface area contributed by atoms with Crippen molar-refractivity contribution in [1.29, 1.82) is 0 Å². The van der Waals surface area contributed by atoms with Crippen molar-refractivity contribution in [3.05, 3.63) is 33.8 Å². The average Bonchev–Trinajstić information content (AvgIpc) is 2.11. The third-order valence-electron chi connectivity index (χ3n) is 2.09. The van der Waals surface area contributed by atoms with Gasteiger partial charge in [0.2, 0.25) is 0 Å². The molecule has 1 atom stereocenters. The molecule has 0 aromatic heterocycles. The molecule has 0 saturated carbocycles. The molecule has 0 fully saturated rings. The van der Waals surface area contributed by atoms with Gasteiger partial charge < -0.3 is 0 Å². The van der Waals surface area contributed by atoms with Crippen molar-refractivity contribution < 1.29 is 4.79 Å². The molecule has 3 heteroatoms. The number of alkyl halides is 1. The predicted molar refractivity (Wildman–Crippen MR) is 66.0 cm³/mol. The van der Waals surface area contributed by atoms with E-state index < -0.39 is 0 Å². The van der Waals surface area contributed by atoms with Crippen LogP contribution in [-0.2, 0) is 11.2 Å². The van der Waals surface area contributed by atoms with Crippen LogP contribution in [0.5, 0.6) is 0 Å². The zero-order valence-electron chi connectivity index (χ0n) is 8.18. The lowest BCUT2D eigenvalue weighted by molar-refractivity contribution is -0.116. The molecule has 1 aromatic carbocycles. The van der Waals surface area contributed by atoms with E-state index in [-0.39, 0.29) is 10.6 Å².